The molecule has 0 bridgehead atoms. The van der Waals surface area contributed by atoms with Crippen molar-refractivity contribution in [2.75, 3.05) is 13.7 Å². The predicted octanol–water partition coefficient (Wildman–Crippen LogP) is 3.38. The molecule has 0 spiro atoms. The number of hydrogen-bond donors (Lipinski definition) is 1. The molecule has 0 aromatic heterocycles. The zero-order chi connectivity index (χ0) is 14.9. The van der Waals surface area contributed by atoms with Crippen LogP contribution in [0.15, 0.2) is 21.5 Å². The summed E-state index contributed by atoms with van der Waals surface area (Å²) in [6.07, 6.45) is 1.74. The van der Waals surface area contributed by atoms with Crippen molar-refractivity contribution in [3.63, 3.8) is 0 Å². The molecule has 1 aliphatic heterocycles. The van der Waals surface area contributed by atoms with Crippen LogP contribution in [-0.2, 0) is 4.79 Å². The van der Waals surface area contributed by atoms with Gasteiger partial charge in [0, 0.05) is 11.0 Å². The summed E-state index contributed by atoms with van der Waals surface area (Å²) in [7, 11) is 1.48. The molecule has 1 amide bonds. The van der Waals surface area contributed by atoms with E-state index in [9.17, 15) is 9.90 Å². The van der Waals surface area contributed by atoms with E-state index in [0.717, 1.165) is 5.56 Å². The Bertz CT molecular complexity index is 616. The fourth-order valence-electron chi connectivity index (χ4n) is 1.75. The van der Waals surface area contributed by atoms with Gasteiger partial charge in [0.2, 0.25) is 0 Å². The number of phenolic OH excluding ortho intramolecular Hbond substituents is 1. The number of amides is 1. The van der Waals surface area contributed by atoms with Crippen molar-refractivity contribution in [1.29, 1.82) is 0 Å². The highest BCUT2D eigenvalue weighted by molar-refractivity contribution is 9.10. The highest BCUT2D eigenvalue weighted by atomic mass is 79.9. The largest absolute Gasteiger partial charge is 0.504 e. The lowest BCUT2D eigenvalue weighted by Crippen LogP contribution is -2.27. The molecule has 1 saturated heterocycles. The van der Waals surface area contributed by atoms with Gasteiger partial charge in [0.1, 0.15) is 4.32 Å². The van der Waals surface area contributed by atoms with Crippen LogP contribution in [0.3, 0.4) is 0 Å². The summed E-state index contributed by atoms with van der Waals surface area (Å²) >= 11 is 9.79. The fourth-order valence-corrected chi connectivity index (χ4v) is 3.57. The molecule has 1 heterocycles. The van der Waals surface area contributed by atoms with Crippen LogP contribution >= 0.6 is 39.9 Å². The highest BCUT2D eigenvalue weighted by Crippen LogP contribution is 2.37. The van der Waals surface area contributed by atoms with Crippen molar-refractivity contribution in [2.45, 2.75) is 6.92 Å². The molecular weight excluding hydrogens is 362 g/mol. The van der Waals surface area contributed by atoms with Crippen LogP contribution < -0.4 is 4.74 Å². The molecule has 1 N–H and O–H groups in total. The Labute approximate surface area is 134 Å². The van der Waals surface area contributed by atoms with Crippen LogP contribution in [0.2, 0.25) is 0 Å². The minimum absolute atomic E-state index is 0.0395. The number of aromatic hydroxyl groups is 1. The average Bonchev–Trinajstić information content (AvgIpc) is 2.67. The molecule has 20 heavy (non-hydrogen) atoms. The molecule has 0 atom stereocenters. The Morgan fingerprint density at radius 3 is 2.80 bits per heavy atom. The first-order chi connectivity index (χ1) is 9.47. The second kappa shape index (κ2) is 6.15. The molecule has 1 aromatic carbocycles. The molecule has 0 saturated carbocycles. The second-order valence-corrected chi connectivity index (χ2v) is 6.50. The molecule has 1 aliphatic rings. The fraction of sp³-hybridized carbons (Fsp3) is 0.231. The molecule has 2 rings (SSSR count). The number of carbonyl (C=O) groups is 1. The van der Waals surface area contributed by atoms with Crippen LogP contribution in [0, 0.1) is 0 Å². The third kappa shape index (κ3) is 2.84. The zero-order valence-electron chi connectivity index (χ0n) is 10.8. The Kier molecular flexibility index (Phi) is 4.72. The van der Waals surface area contributed by atoms with Crippen molar-refractivity contribution in [1.82, 2.24) is 4.90 Å². The van der Waals surface area contributed by atoms with E-state index < -0.39 is 0 Å². The number of hydrogen-bond acceptors (Lipinski definition) is 5. The lowest BCUT2D eigenvalue weighted by molar-refractivity contribution is -0.121. The average molecular weight is 374 g/mol. The van der Waals surface area contributed by atoms with E-state index in [1.54, 1.807) is 17.0 Å². The Balaban J connectivity index is 2.41. The van der Waals surface area contributed by atoms with E-state index >= 15 is 0 Å². The molecule has 1 aromatic rings. The van der Waals surface area contributed by atoms with Crippen molar-refractivity contribution in [2.24, 2.45) is 0 Å². The summed E-state index contributed by atoms with van der Waals surface area (Å²) in [4.78, 5) is 14.3. The summed E-state index contributed by atoms with van der Waals surface area (Å²) < 4.78 is 6.31. The Hall–Kier alpha value is -1.05. The minimum atomic E-state index is -0.0959. The lowest BCUT2D eigenvalue weighted by Gasteiger charge is -2.10. The third-order valence-corrected chi connectivity index (χ3v) is 4.84. The number of phenols is 1. The second-order valence-electron chi connectivity index (χ2n) is 3.97. The van der Waals surface area contributed by atoms with E-state index in [2.05, 4.69) is 15.9 Å². The van der Waals surface area contributed by atoms with Gasteiger partial charge in [-0.2, -0.15) is 0 Å². The van der Waals surface area contributed by atoms with Crippen LogP contribution in [0.25, 0.3) is 6.08 Å². The number of ether oxygens (including phenoxy) is 1. The van der Waals surface area contributed by atoms with Crippen LogP contribution in [0.5, 0.6) is 11.5 Å². The molecule has 106 valence electrons. The van der Waals surface area contributed by atoms with Gasteiger partial charge in [-0.3, -0.25) is 9.69 Å². The summed E-state index contributed by atoms with van der Waals surface area (Å²) in [5.74, 6) is 0.296. The molecule has 0 radical (unpaired) electrons. The zero-order valence-corrected chi connectivity index (χ0v) is 14.1. The van der Waals surface area contributed by atoms with Crippen LogP contribution in [0.4, 0.5) is 0 Å². The number of methoxy groups -OCH3 is 1. The topological polar surface area (TPSA) is 49.8 Å². The van der Waals surface area contributed by atoms with Gasteiger partial charge in [0.05, 0.1) is 12.0 Å². The maximum absolute atomic E-state index is 12.1. The first kappa shape index (κ1) is 15.3. The number of halogens is 1. The van der Waals surface area contributed by atoms with Gasteiger partial charge in [-0.1, -0.05) is 39.9 Å². The Morgan fingerprint density at radius 1 is 1.55 bits per heavy atom. The summed E-state index contributed by atoms with van der Waals surface area (Å²) in [5, 5.41) is 9.67. The van der Waals surface area contributed by atoms with E-state index in [-0.39, 0.29) is 11.7 Å². The maximum Gasteiger partial charge on any atom is 0.266 e. The van der Waals surface area contributed by atoms with Crippen molar-refractivity contribution >= 4 is 56.2 Å². The van der Waals surface area contributed by atoms with Gasteiger partial charge in [-0.25, -0.2) is 0 Å². The van der Waals surface area contributed by atoms with Crippen molar-refractivity contribution in [3.8, 4) is 11.5 Å². The molecule has 4 nitrogen and oxygen atoms in total. The lowest BCUT2D eigenvalue weighted by atomic mass is 10.2. The first-order valence-electron chi connectivity index (χ1n) is 5.79. The number of carbonyl (C=O) groups excluding carboxylic acids is 1. The van der Waals surface area contributed by atoms with Crippen molar-refractivity contribution < 1.29 is 14.6 Å². The van der Waals surface area contributed by atoms with Gasteiger partial charge in [0.25, 0.3) is 5.91 Å². The summed E-state index contributed by atoms with van der Waals surface area (Å²) in [6.45, 7) is 2.44. The Morgan fingerprint density at radius 2 is 2.25 bits per heavy atom. The van der Waals surface area contributed by atoms with Gasteiger partial charge in [0.15, 0.2) is 11.5 Å². The molecular formula is C13H12BrNO3S2. The number of nitrogens with zero attached hydrogens (tertiary/aromatic N) is 1. The van der Waals surface area contributed by atoms with E-state index in [1.807, 2.05) is 6.92 Å². The van der Waals surface area contributed by atoms with Gasteiger partial charge in [-0.15, -0.1) is 0 Å². The van der Waals surface area contributed by atoms with E-state index in [1.165, 1.54) is 24.9 Å². The summed E-state index contributed by atoms with van der Waals surface area (Å²) in [5.41, 5.74) is 0.747. The van der Waals surface area contributed by atoms with E-state index in [4.69, 9.17) is 17.0 Å². The molecule has 1 fully saturated rings. The van der Waals surface area contributed by atoms with Crippen molar-refractivity contribution in [3.05, 3.63) is 27.1 Å². The minimum Gasteiger partial charge on any atom is -0.504 e. The number of rotatable bonds is 3. The van der Waals surface area contributed by atoms with Gasteiger partial charge < -0.3 is 9.84 Å². The molecule has 0 unspecified atom stereocenters. The maximum atomic E-state index is 12.1. The van der Waals surface area contributed by atoms with Crippen LogP contribution in [0.1, 0.15) is 12.5 Å². The van der Waals surface area contributed by atoms with E-state index in [0.29, 0.717) is 26.0 Å². The molecule has 7 heteroatoms. The smallest absolute Gasteiger partial charge is 0.266 e. The third-order valence-electron chi connectivity index (χ3n) is 2.77. The first-order valence-corrected chi connectivity index (χ1v) is 7.81. The van der Waals surface area contributed by atoms with Crippen LogP contribution in [-0.4, -0.2) is 33.9 Å². The normalized spacial score (nSPS) is 17.1. The molecule has 0 aliphatic carbocycles. The standard InChI is InChI=1S/C13H12BrNO3S2/c1-3-15-12(17)11(20-13(15)19)5-7-4-10(18-2)9(16)6-8(7)14/h4-6,16H,3H2,1-2H3/b11-5-. The number of likely N-dealkylation sites (N-methyl/N-ethyl adjacent to an activating group) is 1. The highest BCUT2D eigenvalue weighted by Gasteiger charge is 2.30. The number of thiocarbonyl (C=S) groups is 1. The number of benzene rings is 1. The number of thioether (sulfide) groups is 1. The monoisotopic (exact) mass is 373 g/mol. The quantitative estimate of drug-likeness (QED) is 0.649. The predicted molar refractivity (Wildman–Crippen MR) is 87.9 cm³/mol. The SMILES string of the molecule is CCN1C(=O)/C(=C/c2cc(OC)c(O)cc2Br)SC1=S. The summed E-state index contributed by atoms with van der Waals surface area (Å²) in [6, 6.07) is 3.20. The van der Waals surface area contributed by atoms with Gasteiger partial charge in [-0.05, 0) is 30.7 Å². The van der Waals surface area contributed by atoms with Gasteiger partial charge >= 0.3 is 0 Å².